The van der Waals surface area contributed by atoms with Gasteiger partial charge >= 0.3 is 6.03 Å². The summed E-state index contributed by atoms with van der Waals surface area (Å²) in [6, 6.07) is 15.4. The molecule has 2 rings (SSSR count). The van der Waals surface area contributed by atoms with E-state index in [-0.39, 0.29) is 12.3 Å². The van der Waals surface area contributed by atoms with Gasteiger partial charge in [-0.15, -0.1) is 0 Å². The Morgan fingerprint density at radius 3 is 2.24 bits per heavy atom. The van der Waals surface area contributed by atoms with Gasteiger partial charge in [0.15, 0.2) is 0 Å². The number of halogens is 1. The molecule has 0 aliphatic rings. The van der Waals surface area contributed by atoms with Gasteiger partial charge in [0.05, 0.1) is 6.42 Å². The molecule has 2 aromatic carbocycles. The second-order valence-electron chi connectivity index (χ2n) is 4.30. The van der Waals surface area contributed by atoms with E-state index in [1.807, 2.05) is 6.07 Å². The second kappa shape index (κ2) is 7.31. The van der Waals surface area contributed by atoms with Crippen molar-refractivity contribution in [1.82, 2.24) is 10.9 Å². The third-order valence-electron chi connectivity index (χ3n) is 2.63. The van der Waals surface area contributed by atoms with Crippen LogP contribution in [-0.2, 0) is 11.2 Å². The van der Waals surface area contributed by atoms with Gasteiger partial charge in [-0.25, -0.2) is 10.2 Å². The van der Waals surface area contributed by atoms with Crippen molar-refractivity contribution in [3.8, 4) is 0 Å². The molecule has 0 spiro atoms. The molecule has 0 fully saturated rings. The number of hydrogen-bond donors (Lipinski definition) is 3. The standard InChI is InChI=1S/C15H14ClN3O2/c16-12-8-6-11(7-9-12)10-14(20)18-19-15(21)17-13-4-2-1-3-5-13/h1-9H,10H2,(H,18,20)(H2,17,19,21). The van der Waals surface area contributed by atoms with Crippen LogP contribution in [0.3, 0.4) is 0 Å². The molecule has 0 unspecified atom stereocenters. The molecule has 0 heterocycles. The van der Waals surface area contributed by atoms with Crippen LogP contribution in [0, 0.1) is 0 Å². The summed E-state index contributed by atoms with van der Waals surface area (Å²) in [4.78, 5) is 23.2. The van der Waals surface area contributed by atoms with Crippen LogP contribution in [0.5, 0.6) is 0 Å². The molecular formula is C15H14ClN3O2. The molecular weight excluding hydrogens is 290 g/mol. The number of para-hydroxylation sites is 1. The molecule has 2 aromatic rings. The molecule has 0 aromatic heterocycles. The summed E-state index contributed by atoms with van der Waals surface area (Å²) in [7, 11) is 0. The Morgan fingerprint density at radius 2 is 1.57 bits per heavy atom. The molecule has 108 valence electrons. The number of rotatable bonds is 3. The molecule has 0 saturated heterocycles. The summed E-state index contributed by atoms with van der Waals surface area (Å²) in [5.74, 6) is -0.319. The maximum absolute atomic E-state index is 11.7. The highest BCUT2D eigenvalue weighted by atomic mass is 35.5. The maximum atomic E-state index is 11.7. The molecule has 3 amide bonds. The molecule has 0 radical (unpaired) electrons. The van der Waals surface area contributed by atoms with Gasteiger partial charge in [-0.05, 0) is 29.8 Å². The Balaban J connectivity index is 1.76. The molecule has 0 aliphatic heterocycles. The van der Waals surface area contributed by atoms with Crippen LogP contribution >= 0.6 is 11.6 Å². The Labute approximate surface area is 127 Å². The quantitative estimate of drug-likeness (QED) is 0.763. The third kappa shape index (κ3) is 5.16. The summed E-state index contributed by atoms with van der Waals surface area (Å²) in [6.45, 7) is 0. The lowest BCUT2D eigenvalue weighted by molar-refractivity contribution is -0.121. The third-order valence-corrected chi connectivity index (χ3v) is 2.88. The molecule has 5 nitrogen and oxygen atoms in total. The van der Waals surface area contributed by atoms with Crippen LogP contribution in [0.2, 0.25) is 5.02 Å². The molecule has 0 atom stereocenters. The van der Waals surface area contributed by atoms with E-state index >= 15 is 0 Å². The summed E-state index contributed by atoms with van der Waals surface area (Å²) >= 11 is 5.76. The molecule has 6 heteroatoms. The fourth-order valence-corrected chi connectivity index (χ4v) is 1.77. The lowest BCUT2D eigenvalue weighted by Gasteiger charge is -2.09. The highest BCUT2D eigenvalue weighted by molar-refractivity contribution is 6.30. The van der Waals surface area contributed by atoms with Crippen LogP contribution in [0.25, 0.3) is 0 Å². The van der Waals surface area contributed by atoms with Gasteiger partial charge in [0.2, 0.25) is 5.91 Å². The van der Waals surface area contributed by atoms with Gasteiger partial charge in [-0.3, -0.25) is 10.2 Å². The predicted molar refractivity (Wildman–Crippen MR) is 81.9 cm³/mol. The number of carbonyl (C=O) groups is 2. The van der Waals surface area contributed by atoms with Crippen molar-refractivity contribution in [2.24, 2.45) is 0 Å². The van der Waals surface area contributed by atoms with Crippen LogP contribution in [0.1, 0.15) is 5.56 Å². The number of nitrogens with one attached hydrogen (secondary N) is 3. The fraction of sp³-hybridized carbons (Fsp3) is 0.0667. The monoisotopic (exact) mass is 303 g/mol. The first kappa shape index (κ1) is 14.9. The Morgan fingerprint density at radius 1 is 0.905 bits per heavy atom. The van der Waals surface area contributed by atoms with Crippen molar-refractivity contribution in [2.75, 3.05) is 5.32 Å². The summed E-state index contributed by atoms with van der Waals surface area (Å²) in [5.41, 5.74) is 6.07. The van der Waals surface area contributed by atoms with E-state index in [1.165, 1.54) is 0 Å². The Bertz CT molecular complexity index is 615. The molecule has 21 heavy (non-hydrogen) atoms. The minimum Gasteiger partial charge on any atom is -0.307 e. The first-order chi connectivity index (χ1) is 10.1. The van der Waals surface area contributed by atoms with Crippen molar-refractivity contribution in [3.63, 3.8) is 0 Å². The number of benzene rings is 2. The first-order valence-electron chi connectivity index (χ1n) is 6.29. The van der Waals surface area contributed by atoms with Gasteiger partial charge in [0, 0.05) is 10.7 Å². The lowest BCUT2D eigenvalue weighted by Crippen LogP contribution is -2.44. The first-order valence-corrected chi connectivity index (χ1v) is 6.66. The minimum absolute atomic E-state index is 0.156. The number of carbonyl (C=O) groups excluding carboxylic acids is 2. The average Bonchev–Trinajstić information content (AvgIpc) is 2.49. The Hall–Kier alpha value is -2.53. The van der Waals surface area contributed by atoms with E-state index in [1.54, 1.807) is 48.5 Å². The zero-order valence-electron chi connectivity index (χ0n) is 11.1. The fourth-order valence-electron chi connectivity index (χ4n) is 1.64. The van der Waals surface area contributed by atoms with Gasteiger partial charge in [0.25, 0.3) is 0 Å². The average molecular weight is 304 g/mol. The molecule has 0 bridgehead atoms. The van der Waals surface area contributed by atoms with Crippen LogP contribution < -0.4 is 16.2 Å². The van der Waals surface area contributed by atoms with E-state index in [0.717, 1.165) is 5.56 Å². The zero-order valence-corrected chi connectivity index (χ0v) is 11.9. The van der Waals surface area contributed by atoms with Crippen molar-refractivity contribution in [3.05, 3.63) is 65.2 Å². The van der Waals surface area contributed by atoms with Gasteiger partial charge < -0.3 is 5.32 Å². The largest absolute Gasteiger partial charge is 0.337 e. The van der Waals surface area contributed by atoms with Crippen LogP contribution in [0.4, 0.5) is 10.5 Å². The Kier molecular flexibility index (Phi) is 5.17. The van der Waals surface area contributed by atoms with Gasteiger partial charge in [-0.2, -0.15) is 0 Å². The van der Waals surface area contributed by atoms with Gasteiger partial charge in [-0.1, -0.05) is 41.9 Å². The van der Waals surface area contributed by atoms with Crippen molar-refractivity contribution >= 4 is 29.2 Å². The highest BCUT2D eigenvalue weighted by Crippen LogP contribution is 2.09. The smallest absolute Gasteiger partial charge is 0.307 e. The lowest BCUT2D eigenvalue weighted by atomic mass is 10.1. The summed E-state index contributed by atoms with van der Waals surface area (Å²) in [5, 5.41) is 3.20. The summed E-state index contributed by atoms with van der Waals surface area (Å²) in [6.07, 6.45) is 0.156. The number of anilines is 1. The highest BCUT2D eigenvalue weighted by Gasteiger charge is 2.05. The zero-order chi connectivity index (χ0) is 15.1. The number of amides is 3. The van der Waals surface area contributed by atoms with E-state index in [0.29, 0.717) is 10.7 Å². The number of hydrogen-bond acceptors (Lipinski definition) is 2. The molecule has 3 N–H and O–H groups in total. The predicted octanol–water partition coefficient (Wildman–Crippen LogP) is 2.74. The van der Waals surface area contributed by atoms with Crippen LogP contribution in [0.15, 0.2) is 54.6 Å². The maximum Gasteiger partial charge on any atom is 0.337 e. The summed E-state index contributed by atoms with van der Waals surface area (Å²) < 4.78 is 0. The molecule has 0 saturated carbocycles. The number of hydrazine groups is 1. The number of urea groups is 1. The topological polar surface area (TPSA) is 70.2 Å². The minimum atomic E-state index is -0.509. The second-order valence-corrected chi connectivity index (χ2v) is 4.73. The van der Waals surface area contributed by atoms with Crippen LogP contribution in [-0.4, -0.2) is 11.9 Å². The van der Waals surface area contributed by atoms with Gasteiger partial charge in [0.1, 0.15) is 0 Å². The van der Waals surface area contributed by atoms with Crippen molar-refractivity contribution in [2.45, 2.75) is 6.42 Å². The molecule has 0 aliphatic carbocycles. The van der Waals surface area contributed by atoms with Crippen molar-refractivity contribution < 1.29 is 9.59 Å². The van der Waals surface area contributed by atoms with E-state index in [4.69, 9.17) is 11.6 Å². The van der Waals surface area contributed by atoms with E-state index < -0.39 is 6.03 Å². The van der Waals surface area contributed by atoms with E-state index in [2.05, 4.69) is 16.2 Å². The van der Waals surface area contributed by atoms with Crippen molar-refractivity contribution in [1.29, 1.82) is 0 Å². The SMILES string of the molecule is O=C(Cc1ccc(Cl)cc1)NNC(=O)Nc1ccccc1. The van der Waals surface area contributed by atoms with E-state index in [9.17, 15) is 9.59 Å². The normalized spacial score (nSPS) is 9.76.